The number of hydrogen-bond acceptors (Lipinski definition) is 5. The Morgan fingerprint density at radius 3 is 2.20 bits per heavy atom. The highest BCUT2D eigenvalue weighted by Gasteiger charge is 2.62. The number of carbonyl (C=O) groups excluding carboxylic acids is 2. The van der Waals surface area contributed by atoms with Crippen molar-refractivity contribution in [2.45, 2.75) is 11.8 Å². The van der Waals surface area contributed by atoms with Crippen molar-refractivity contribution in [3.8, 4) is 0 Å². The Morgan fingerprint density at radius 1 is 1.10 bits per heavy atom. The summed E-state index contributed by atoms with van der Waals surface area (Å²) in [6.45, 7) is 0. The number of hydrogen-bond donors (Lipinski definition) is 3. The maximum atomic E-state index is 13.2. The van der Waals surface area contributed by atoms with E-state index in [9.17, 15) is 27.9 Å². The number of amides is 1. The molecule has 2 aromatic rings. The Morgan fingerprint density at radius 2 is 1.70 bits per heavy atom. The number of esters is 1. The molecule has 0 aliphatic rings. The number of aliphatic hydroxyl groups is 1. The van der Waals surface area contributed by atoms with Gasteiger partial charge < -0.3 is 15.2 Å². The predicted molar refractivity (Wildman–Crippen MR) is 109 cm³/mol. The number of ether oxygens (including phenoxy) is 1. The van der Waals surface area contributed by atoms with Gasteiger partial charge in [0.2, 0.25) is 0 Å². The van der Waals surface area contributed by atoms with Crippen LogP contribution < -0.4 is 10.6 Å². The highest BCUT2D eigenvalue weighted by atomic mass is 35.5. The van der Waals surface area contributed by atoms with Gasteiger partial charge in [-0.15, -0.1) is 0 Å². The maximum Gasteiger partial charge on any atom is 0.432 e. The van der Waals surface area contributed by atoms with Gasteiger partial charge in [0, 0.05) is 16.3 Å². The fourth-order valence-corrected chi connectivity index (χ4v) is 3.05. The molecule has 0 aliphatic heterocycles. The number of rotatable bonds is 4. The second kappa shape index (κ2) is 9.17. The Kier molecular flexibility index (Phi) is 7.30. The zero-order valence-electron chi connectivity index (χ0n) is 15.0. The van der Waals surface area contributed by atoms with E-state index < -0.39 is 29.2 Å². The molecule has 0 unspecified atom stereocenters. The third-order valence-corrected chi connectivity index (χ3v) is 4.61. The molecule has 30 heavy (non-hydrogen) atoms. The Labute approximate surface area is 183 Å². The lowest BCUT2D eigenvalue weighted by atomic mass is 9.93. The molecule has 1 atom stereocenters. The summed E-state index contributed by atoms with van der Waals surface area (Å²) in [6.07, 6.45) is -5.31. The Balaban J connectivity index is 2.14. The van der Waals surface area contributed by atoms with E-state index in [1.807, 2.05) is 0 Å². The van der Waals surface area contributed by atoms with Crippen LogP contribution in [0.15, 0.2) is 42.5 Å². The summed E-state index contributed by atoms with van der Waals surface area (Å²) in [5, 5.41) is 15.1. The fraction of sp³-hybridized carbons (Fsp3) is 0.167. The van der Waals surface area contributed by atoms with Crippen molar-refractivity contribution >= 4 is 58.1 Å². The zero-order valence-corrected chi connectivity index (χ0v) is 17.3. The molecule has 2 aromatic carbocycles. The van der Waals surface area contributed by atoms with E-state index in [0.29, 0.717) is 5.02 Å². The van der Waals surface area contributed by atoms with Crippen LogP contribution >= 0.6 is 35.4 Å². The lowest BCUT2D eigenvalue weighted by Crippen LogP contribution is -2.49. The van der Waals surface area contributed by atoms with E-state index in [2.05, 4.69) is 15.4 Å². The number of thiocarbonyl (C=S) groups is 1. The molecule has 0 bridgehead atoms. The van der Waals surface area contributed by atoms with E-state index in [1.165, 1.54) is 18.2 Å². The minimum Gasteiger partial charge on any atom is -0.466 e. The number of alkyl halides is 3. The predicted octanol–water partition coefficient (Wildman–Crippen LogP) is 4.04. The molecule has 0 fully saturated rings. The van der Waals surface area contributed by atoms with Gasteiger partial charge in [0.05, 0.1) is 17.7 Å². The van der Waals surface area contributed by atoms with Gasteiger partial charge in [0.15, 0.2) is 5.11 Å². The van der Waals surface area contributed by atoms with Gasteiger partial charge in [-0.25, -0.2) is 4.79 Å². The third-order valence-electron chi connectivity index (χ3n) is 3.85. The minimum atomic E-state index is -5.31. The molecule has 0 saturated heterocycles. The van der Waals surface area contributed by atoms with Crippen molar-refractivity contribution in [3.05, 3.63) is 63.6 Å². The molecule has 0 radical (unpaired) electrons. The molecule has 0 spiro atoms. The molecule has 160 valence electrons. The normalized spacial score (nSPS) is 13.2. The number of methoxy groups -OCH3 is 1. The topological polar surface area (TPSA) is 87.7 Å². The summed E-state index contributed by atoms with van der Waals surface area (Å²) in [7, 11) is 0.725. The van der Waals surface area contributed by atoms with Crippen molar-refractivity contribution in [3.63, 3.8) is 0 Å². The van der Waals surface area contributed by atoms with Gasteiger partial charge in [-0.2, -0.15) is 13.2 Å². The number of benzene rings is 2. The summed E-state index contributed by atoms with van der Waals surface area (Å²) in [4.78, 5) is 23.8. The van der Waals surface area contributed by atoms with Crippen LogP contribution in [0.1, 0.15) is 15.9 Å². The highest BCUT2D eigenvalue weighted by molar-refractivity contribution is 7.80. The molecule has 3 N–H and O–H groups in total. The molecule has 0 aliphatic carbocycles. The summed E-state index contributed by atoms with van der Waals surface area (Å²) >= 11 is 16.7. The van der Waals surface area contributed by atoms with Crippen molar-refractivity contribution < 1.29 is 32.6 Å². The first-order valence-corrected chi connectivity index (χ1v) is 9.12. The first kappa shape index (κ1) is 23.9. The number of halogens is 5. The zero-order chi connectivity index (χ0) is 22.7. The lowest BCUT2D eigenvalue weighted by Gasteiger charge is -2.28. The lowest BCUT2D eigenvalue weighted by molar-refractivity contribution is -0.266. The summed E-state index contributed by atoms with van der Waals surface area (Å²) in [5.74, 6) is -2.51. The first-order chi connectivity index (χ1) is 13.9. The quantitative estimate of drug-likeness (QED) is 0.452. The second-order valence-electron chi connectivity index (χ2n) is 5.81. The van der Waals surface area contributed by atoms with E-state index >= 15 is 0 Å². The molecular formula is C18H13Cl2F3N2O4S. The van der Waals surface area contributed by atoms with Gasteiger partial charge in [0.25, 0.3) is 11.5 Å². The van der Waals surface area contributed by atoms with Gasteiger partial charge in [-0.1, -0.05) is 35.3 Å². The van der Waals surface area contributed by atoms with E-state index in [0.717, 1.165) is 31.4 Å². The first-order valence-electron chi connectivity index (χ1n) is 7.95. The number of carbonyl (C=O) groups is 2. The minimum absolute atomic E-state index is 0.0985. The summed E-state index contributed by atoms with van der Waals surface area (Å²) < 4.78 is 43.8. The molecule has 0 aromatic heterocycles. The van der Waals surface area contributed by atoms with Crippen LogP contribution in [0.2, 0.25) is 10.0 Å². The molecule has 1 amide bonds. The Bertz CT molecular complexity index is 986. The van der Waals surface area contributed by atoms with Crippen molar-refractivity contribution in [2.24, 2.45) is 0 Å². The van der Waals surface area contributed by atoms with Gasteiger partial charge >= 0.3 is 12.1 Å². The fourth-order valence-electron chi connectivity index (χ4n) is 2.35. The number of nitrogens with one attached hydrogen (secondary N) is 2. The summed E-state index contributed by atoms with van der Waals surface area (Å²) in [5.41, 5.74) is -4.30. The van der Waals surface area contributed by atoms with Crippen molar-refractivity contribution in [1.29, 1.82) is 0 Å². The summed E-state index contributed by atoms with van der Waals surface area (Å²) in [6, 6.07) is 8.21. The van der Waals surface area contributed by atoms with Gasteiger partial charge in [-0.3, -0.25) is 10.1 Å². The van der Waals surface area contributed by atoms with Crippen LogP contribution in [0.4, 0.5) is 18.9 Å². The second-order valence-corrected chi connectivity index (χ2v) is 7.06. The van der Waals surface area contributed by atoms with Crippen LogP contribution in [-0.2, 0) is 15.1 Å². The molecule has 6 nitrogen and oxygen atoms in total. The monoisotopic (exact) mass is 480 g/mol. The van der Waals surface area contributed by atoms with E-state index in [1.54, 1.807) is 0 Å². The molecule has 0 saturated carbocycles. The van der Waals surface area contributed by atoms with Crippen LogP contribution in [0, 0.1) is 0 Å². The third kappa shape index (κ3) is 5.01. The average molecular weight is 481 g/mol. The van der Waals surface area contributed by atoms with Crippen LogP contribution in [0.3, 0.4) is 0 Å². The average Bonchev–Trinajstić information content (AvgIpc) is 2.66. The Hall–Kier alpha value is -2.40. The van der Waals surface area contributed by atoms with Crippen LogP contribution in [0.5, 0.6) is 0 Å². The standard InChI is InChI=1S/C18H13Cl2F3N2O4S/c1-29-15(27)17(28,18(21,22)23)9-2-5-11(6-3-9)24-16(30)25-14(26)12-7-4-10(19)8-13(12)20/h2-8,28H,1H3,(H2,24,25,26,30)/t17-/m0/s1. The molecular weight excluding hydrogens is 468 g/mol. The smallest absolute Gasteiger partial charge is 0.432 e. The van der Waals surface area contributed by atoms with Crippen molar-refractivity contribution in [2.75, 3.05) is 12.4 Å². The largest absolute Gasteiger partial charge is 0.466 e. The van der Waals surface area contributed by atoms with Crippen LogP contribution in [0.25, 0.3) is 0 Å². The van der Waals surface area contributed by atoms with E-state index in [-0.39, 0.29) is 21.4 Å². The maximum absolute atomic E-state index is 13.2. The molecule has 2 rings (SSSR count). The van der Waals surface area contributed by atoms with Crippen molar-refractivity contribution in [1.82, 2.24) is 5.32 Å². The SMILES string of the molecule is COC(=O)[C@@](O)(c1ccc(NC(=S)NC(=O)c2ccc(Cl)cc2Cl)cc1)C(F)(F)F. The number of anilines is 1. The van der Waals surface area contributed by atoms with Gasteiger partial charge in [0.1, 0.15) is 0 Å². The highest BCUT2D eigenvalue weighted by Crippen LogP contribution is 2.40. The van der Waals surface area contributed by atoms with E-state index in [4.69, 9.17) is 35.4 Å². The molecule has 0 heterocycles. The van der Waals surface area contributed by atoms with Gasteiger partial charge in [-0.05, 0) is 42.5 Å². The van der Waals surface area contributed by atoms with Crippen LogP contribution in [-0.4, -0.2) is 35.4 Å². The molecule has 12 heteroatoms.